The van der Waals surface area contributed by atoms with Crippen LogP contribution in [-0.4, -0.2) is 53.0 Å². The zero-order valence-electron chi connectivity index (χ0n) is 23.4. The third-order valence-corrected chi connectivity index (χ3v) is 9.56. The number of rotatable bonds is 8. The molecule has 3 fully saturated rings. The summed E-state index contributed by atoms with van der Waals surface area (Å²) in [5.74, 6) is -0.596. The van der Waals surface area contributed by atoms with Gasteiger partial charge < -0.3 is 20.3 Å². The van der Waals surface area contributed by atoms with Crippen molar-refractivity contribution in [1.82, 2.24) is 10.2 Å². The quantitative estimate of drug-likeness (QED) is 0.488. The van der Waals surface area contributed by atoms with Crippen molar-refractivity contribution in [3.05, 3.63) is 42.0 Å². The minimum absolute atomic E-state index is 0.0836. The van der Waals surface area contributed by atoms with Gasteiger partial charge in [0, 0.05) is 18.3 Å². The summed E-state index contributed by atoms with van der Waals surface area (Å²) in [6.45, 7) is 11.3. The number of fused-ring (bicyclic) bond motifs is 1. The van der Waals surface area contributed by atoms with Crippen LogP contribution in [0.5, 0.6) is 0 Å². The van der Waals surface area contributed by atoms with E-state index in [1.54, 1.807) is 4.90 Å². The third-order valence-electron chi connectivity index (χ3n) is 9.56. The average molecular weight is 522 g/mol. The van der Waals surface area contributed by atoms with E-state index in [9.17, 15) is 14.4 Å². The minimum atomic E-state index is -1.10. The van der Waals surface area contributed by atoms with Gasteiger partial charge in [-0.25, -0.2) is 0 Å². The maximum atomic E-state index is 13.9. The molecule has 1 aliphatic carbocycles. The maximum absolute atomic E-state index is 13.9. The van der Waals surface area contributed by atoms with Crippen LogP contribution < -0.4 is 10.6 Å². The van der Waals surface area contributed by atoms with Crippen molar-refractivity contribution in [1.29, 1.82) is 0 Å². The lowest BCUT2D eigenvalue weighted by molar-refractivity contribution is -0.141. The Morgan fingerprint density at radius 2 is 1.87 bits per heavy atom. The fourth-order valence-electron chi connectivity index (χ4n) is 7.06. The van der Waals surface area contributed by atoms with Crippen LogP contribution >= 0.6 is 0 Å². The van der Waals surface area contributed by atoms with Crippen LogP contribution in [-0.2, 0) is 19.1 Å². The van der Waals surface area contributed by atoms with E-state index in [1.807, 2.05) is 36.4 Å². The molecule has 3 heterocycles. The smallest absolute Gasteiger partial charge is 0.246 e. The summed E-state index contributed by atoms with van der Waals surface area (Å²) in [5, 5.41) is 6.33. The highest BCUT2D eigenvalue weighted by Gasteiger charge is 2.72. The van der Waals surface area contributed by atoms with Crippen LogP contribution in [0, 0.1) is 23.7 Å². The molecule has 0 radical (unpaired) electrons. The van der Waals surface area contributed by atoms with E-state index in [0.29, 0.717) is 30.0 Å². The molecule has 2 saturated heterocycles. The molecular weight excluding hydrogens is 478 g/mol. The topological polar surface area (TPSA) is 87.7 Å². The van der Waals surface area contributed by atoms with Gasteiger partial charge in [0.15, 0.2) is 0 Å². The van der Waals surface area contributed by atoms with Gasteiger partial charge in [-0.05, 0) is 48.3 Å². The molecule has 8 atom stereocenters. The number of carbonyl (C=O) groups excluding carboxylic acids is 3. The summed E-state index contributed by atoms with van der Waals surface area (Å²) >= 11 is 0. The van der Waals surface area contributed by atoms with Crippen molar-refractivity contribution in [2.75, 3.05) is 11.9 Å². The van der Waals surface area contributed by atoms with Crippen molar-refractivity contribution < 1.29 is 19.1 Å². The summed E-state index contributed by atoms with van der Waals surface area (Å²) in [4.78, 5) is 43.2. The molecule has 5 rings (SSSR count). The molecule has 7 heteroatoms. The van der Waals surface area contributed by atoms with Crippen LogP contribution in [0.3, 0.4) is 0 Å². The van der Waals surface area contributed by atoms with Crippen molar-refractivity contribution in [3.63, 3.8) is 0 Å². The number of ether oxygens (including phenoxy) is 1. The van der Waals surface area contributed by atoms with Gasteiger partial charge in [0.2, 0.25) is 17.7 Å². The first-order valence-electron chi connectivity index (χ1n) is 14.6. The standard InChI is InChI=1S/C31H43N3O4/c1-6-7-17-34-27(29(36)33-23-10-8-9-19(4)20(23)5)31-16-15-24(38-31)25(26(31)30(34)37)28(35)32-22-13-11-21(12-14-22)18(2)3/h11-16,18-20,23-27H,6-10,17H2,1-5H3,(H,32,35)(H,33,36). The third kappa shape index (κ3) is 4.47. The molecule has 2 N–H and O–H groups in total. The summed E-state index contributed by atoms with van der Waals surface area (Å²) < 4.78 is 6.46. The van der Waals surface area contributed by atoms with Crippen LogP contribution in [0.2, 0.25) is 0 Å². The Morgan fingerprint density at radius 1 is 1.13 bits per heavy atom. The summed E-state index contributed by atoms with van der Waals surface area (Å²) in [6.07, 6.45) is 8.17. The maximum Gasteiger partial charge on any atom is 0.246 e. The molecule has 4 aliphatic rings. The van der Waals surface area contributed by atoms with Gasteiger partial charge in [0.25, 0.3) is 0 Å². The molecule has 1 spiro atoms. The molecular formula is C31H43N3O4. The van der Waals surface area contributed by atoms with Crippen molar-refractivity contribution in [2.24, 2.45) is 23.7 Å². The second kappa shape index (κ2) is 10.5. The molecule has 1 aromatic carbocycles. The van der Waals surface area contributed by atoms with E-state index in [1.165, 1.54) is 12.0 Å². The first-order chi connectivity index (χ1) is 18.2. The molecule has 1 saturated carbocycles. The van der Waals surface area contributed by atoms with E-state index in [0.717, 1.165) is 25.7 Å². The number of nitrogens with zero attached hydrogens (tertiary/aromatic N) is 1. The van der Waals surface area contributed by atoms with Gasteiger partial charge >= 0.3 is 0 Å². The van der Waals surface area contributed by atoms with Crippen LogP contribution in [0.4, 0.5) is 5.69 Å². The zero-order valence-corrected chi connectivity index (χ0v) is 23.4. The largest absolute Gasteiger partial charge is 0.359 e. The minimum Gasteiger partial charge on any atom is -0.359 e. The normalized spacial score (nSPS) is 35.6. The molecule has 206 valence electrons. The van der Waals surface area contributed by atoms with E-state index in [4.69, 9.17) is 4.74 Å². The Hall–Kier alpha value is -2.67. The monoisotopic (exact) mass is 521 g/mol. The lowest BCUT2D eigenvalue weighted by Gasteiger charge is -2.38. The number of hydrogen-bond acceptors (Lipinski definition) is 4. The molecule has 7 nitrogen and oxygen atoms in total. The lowest BCUT2D eigenvalue weighted by atomic mass is 9.73. The second-order valence-electron chi connectivity index (χ2n) is 12.2. The Bertz CT molecular complexity index is 1100. The number of likely N-dealkylation sites (tertiary alicyclic amines) is 1. The molecule has 8 unspecified atom stereocenters. The SMILES string of the molecule is CCCCN1C(=O)C2C(C(=O)Nc3ccc(C(C)C)cc3)C3C=CC2(O3)C1C(=O)NC1CCCC(C)C1C. The number of carbonyl (C=O) groups is 3. The second-order valence-corrected chi connectivity index (χ2v) is 12.2. The van der Waals surface area contributed by atoms with Crippen molar-refractivity contribution in [3.8, 4) is 0 Å². The van der Waals surface area contributed by atoms with E-state index >= 15 is 0 Å². The number of unbranched alkanes of at least 4 members (excludes halogenated alkanes) is 1. The van der Waals surface area contributed by atoms with Gasteiger partial charge in [-0.2, -0.15) is 0 Å². The molecule has 0 aromatic heterocycles. The Labute approximate surface area is 226 Å². The average Bonchev–Trinajstić information content (AvgIpc) is 3.53. The Kier molecular flexibility index (Phi) is 7.42. The van der Waals surface area contributed by atoms with Gasteiger partial charge in [0.05, 0.1) is 17.9 Å². The number of benzene rings is 1. The first-order valence-corrected chi connectivity index (χ1v) is 14.6. The van der Waals surface area contributed by atoms with E-state index in [2.05, 4.69) is 45.3 Å². The molecule has 1 aromatic rings. The molecule has 2 bridgehead atoms. The highest BCUT2D eigenvalue weighted by atomic mass is 16.5. The van der Waals surface area contributed by atoms with E-state index in [-0.39, 0.29) is 23.8 Å². The van der Waals surface area contributed by atoms with Gasteiger partial charge in [-0.15, -0.1) is 0 Å². The predicted octanol–water partition coefficient (Wildman–Crippen LogP) is 4.64. The fourth-order valence-corrected chi connectivity index (χ4v) is 7.06. The van der Waals surface area contributed by atoms with Crippen LogP contribution in [0.25, 0.3) is 0 Å². The van der Waals surface area contributed by atoms with Crippen LogP contribution in [0.15, 0.2) is 36.4 Å². The number of amides is 3. The summed E-state index contributed by atoms with van der Waals surface area (Å²) in [5.41, 5.74) is 0.788. The number of anilines is 1. The van der Waals surface area contributed by atoms with Gasteiger partial charge in [-0.3, -0.25) is 14.4 Å². The Morgan fingerprint density at radius 3 is 2.55 bits per heavy atom. The highest BCUT2D eigenvalue weighted by Crippen LogP contribution is 2.55. The summed E-state index contributed by atoms with van der Waals surface area (Å²) in [7, 11) is 0. The Balaban J connectivity index is 1.40. The number of hydrogen-bond donors (Lipinski definition) is 2. The zero-order chi connectivity index (χ0) is 27.2. The van der Waals surface area contributed by atoms with Gasteiger partial charge in [-0.1, -0.05) is 78.2 Å². The van der Waals surface area contributed by atoms with E-state index < -0.39 is 29.6 Å². The fraction of sp³-hybridized carbons (Fsp3) is 0.645. The van der Waals surface area contributed by atoms with Gasteiger partial charge in [0.1, 0.15) is 11.6 Å². The first kappa shape index (κ1) is 26.9. The number of nitrogens with one attached hydrogen (secondary N) is 2. The molecule has 38 heavy (non-hydrogen) atoms. The molecule has 3 amide bonds. The van der Waals surface area contributed by atoms with Crippen LogP contribution in [0.1, 0.15) is 78.2 Å². The highest BCUT2D eigenvalue weighted by molar-refractivity contribution is 6.02. The molecule has 3 aliphatic heterocycles. The predicted molar refractivity (Wildman–Crippen MR) is 147 cm³/mol. The lowest BCUT2D eigenvalue weighted by Crippen LogP contribution is -2.58. The van der Waals surface area contributed by atoms with Crippen molar-refractivity contribution >= 4 is 23.4 Å². The van der Waals surface area contributed by atoms with Crippen molar-refractivity contribution in [2.45, 2.75) is 96.4 Å². The summed E-state index contributed by atoms with van der Waals surface area (Å²) in [6, 6.07) is 7.15.